The Bertz CT molecular complexity index is 875. The van der Waals surface area contributed by atoms with Crippen molar-refractivity contribution in [1.29, 1.82) is 0 Å². The third kappa shape index (κ3) is 4.87. The third-order valence-electron chi connectivity index (χ3n) is 4.92. The van der Waals surface area contributed by atoms with E-state index < -0.39 is 11.6 Å². The predicted octanol–water partition coefficient (Wildman–Crippen LogP) is 3.86. The van der Waals surface area contributed by atoms with Crippen molar-refractivity contribution in [3.8, 4) is 0 Å². The summed E-state index contributed by atoms with van der Waals surface area (Å²) in [5, 5.41) is 3.49. The van der Waals surface area contributed by atoms with Crippen LogP contribution in [0.25, 0.3) is 0 Å². The number of benzene rings is 2. The summed E-state index contributed by atoms with van der Waals surface area (Å²) >= 11 is 6.10. The molecule has 2 aromatic carbocycles. The Labute approximate surface area is 167 Å². The molecule has 1 aliphatic rings. The van der Waals surface area contributed by atoms with Crippen LogP contribution in [-0.4, -0.2) is 29.3 Å². The first-order valence-corrected chi connectivity index (χ1v) is 9.56. The monoisotopic (exact) mass is 406 g/mol. The van der Waals surface area contributed by atoms with E-state index in [4.69, 9.17) is 11.6 Å². The molecule has 1 atom stereocenters. The van der Waals surface area contributed by atoms with Gasteiger partial charge < -0.3 is 10.2 Å². The largest absolute Gasteiger partial charge is 0.356 e. The van der Waals surface area contributed by atoms with Crippen LogP contribution < -0.4 is 5.32 Å². The summed E-state index contributed by atoms with van der Waals surface area (Å²) in [5.74, 6) is -2.24. The van der Waals surface area contributed by atoms with E-state index in [0.717, 1.165) is 11.6 Å². The van der Waals surface area contributed by atoms with Gasteiger partial charge in [-0.05, 0) is 30.5 Å². The van der Waals surface area contributed by atoms with Gasteiger partial charge in [-0.2, -0.15) is 0 Å². The average molecular weight is 407 g/mol. The Kier molecular flexibility index (Phi) is 6.62. The van der Waals surface area contributed by atoms with E-state index >= 15 is 0 Å². The minimum atomic E-state index is -0.954. The highest BCUT2D eigenvalue weighted by molar-refractivity contribution is 6.31. The predicted molar refractivity (Wildman–Crippen MR) is 103 cm³/mol. The molecule has 1 heterocycles. The lowest BCUT2D eigenvalue weighted by Crippen LogP contribution is -2.37. The highest BCUT2D eigenvalue weighted by Gasteiger charge is 2.33. The van der Waals surface area contributed by atoms with Gasteiger partial charge >= 0.3 is 0 Å². The summed E-state index contributed by atoms with van der Waals surface area (Å²) in [5.41, 5.74) is 1.06. The second-order valence-corrected chi connectivity index (χ2v) is 7.23. The van der Waals surface area contributed by atoms with Crippen LogP contribution in [0, 0.1) is 11.6 Å². The number of carbonyl (C=O) groups excluding carboxylic acids is 2. The molecule has 7 heteroatoms. The molecule has 3 rings (SSSR count). The van der Waals surface area contributed by atoms with Crippen LogP contribution in [0.5, 0.6) is 0 Å². The van der Waals surface area contributed by atoms with Gasteiger partial charge in [-0.25, -0.2) is 8.78 Å². The summed E-state index contributed by atoms with van der Waals surface area (Å²) < 4.78 is 27.3. The van der Waals surface area contributed by atoms with Crippen LogP contribution >= 0.6 is 11.6 Å². The second-order valence-electron chi connectivity index (χ2n) is 6.82. The molecule has 1 aliphatic heterocycles. The molecule has 0 aromatic heterocycles. The fourth-order valence-corrected chi connectivity index (χ4v) is 3.63. The molecule has 4 nitrogen and oxygen atoms in total. The van der Waals surface area contributed by atoms with Gasteiger partial charge in [0.2, 0.25) is 11.8 Å². The molecule has 2 aromatic rings. The van der Waals surface area contributed by atoms with Crippen molar-refractivity contribution in [3.05, 3.63) is 70.2 Å². The first kappa shape index (κ1) is 20.3. The van der Waals surface area contributed by atoms with Crippen molar-refractivity contribution in [3.63, 3.8) is 0 Å². The van der Waals surface area contributed by atoms with Gasteiger partial charge in [0.05, 0.1) is 0 Å². The van der Waals surface area contributed by atoms with Crippen LogP contribution in [0.1, 0.15) is 30.4 Å². The Morgan fingerprint density at radius 2 is 1.89 bits per heavy atom. The zero-order chi connectivity index (χ0) is 20.1. The number of nitrogens with zero attached hydrogens (tertiary/aromatic N) is 1. The van der Waals surface area contributed by atoms with Gasteiger partial charge in [-0.15, -0.1) is 0 Å². The number of rotatable bonds is 7. The summed E-state index contributed by atoms with van der Waals surface area (Å²) in [6.45, 7) is 0.391. The minimum absolute atomic E-state index is 0.0417. The smallest absolute Gasteiger partial charge is 0.223 e. The van der Waals surface area contributed by atoms with Crippen molar-refractivity contribution < 1.29 is 18.4 Å². The summed E-state index contributed by atoms with van der Waals surface area (Å²) in [4.78, 5) is 25.9. The molecular weight excluding hydrogens is 386 g/mol. The SMILES string of the molecule is O=C(CC1CCC(=O)N1Cc1cccc(F)c1F)NCCc1ccccc1Cl. The first-order chi connectivity index (χ1) is 13.5. The number of likely N-dealkylation sites (tertiary alicyclic amines) is 1. The summed E-state index contributed by atoms with van der Waals surface area (Å²) in [6.07, 6.45) is 1.56. The van der Waals surface area contributed by atoms with Gasteiger partial charge in [0.1, 0.15) is 0 Å². The maximum Gasteiger partial charge on any atom is 0.223 e. The lowest BCUT2D eigenvalue weighted by molar-refractivity contribution is -0.130. The number of hydrogen-bond acceptors (Lipinski definition) is 2. The lowest BCUT2D eigenvalue weighted by atomic mass is 10.1. The molecule has 0 bridgehead atoms. The fourth-order valence-electron chi connectivity index (χ4n) is 3.40. The Balaban J connectivity index is 1.55. The highest BCUT2D eigenvalue weighted by Crippen LogP contribution is 2.25. The second kappa shape index (κ2) is 9.15. The molecule has 1 N–H and O–H groups in total. The minimum Gasteiger partial charge on any atom is -0.356 e. The van der Waals surface area contributed by atoms with E-state index in [-0.39, 0.29) is 36.4 Å². The average Bonchev–Trinajstić information content (AvgIpc) is 3.00. The van der Waals surface area contributed by atoms with Crippen LogP contribution in [0.15, 0.2) is 42.5 Å². The molecular formula is C21H21ClF2N2O2. The summed E-state index contributed by atoms with van der Waals surface area (Å²) in [6, 6.07) is 11.0. The molecule has 1 saturated heterocycles. The topological polar surface area (TPSA) is 49.4 Å². The number of amides is 2. The normalized spacial score (nSPS) is 16.5. The number of carbonyl (C=O) groups is 2. The number of halogens is 3. The van der Waals surface area contributed by atoms with Gasteiger partial charge in [-0.3, -0.25) is 9.59 Å². The molecule has 28 heavy (non-hydrogen) atoms. The highest BCUT2D eigenvalue weighted by atomic mass is 35.5. The lowest BCUT2D eigenvalue weighted by Gasteiger charge is -2.25. The number of nitrogens with one attached hydrogen (secondary N) is 1. The van der Waals surface area contributed by atoms with Crippen molar-refractivity contribution in [2.75, 3.05) is 6.54 Å². The zero-order valence-corrected chi connectivity index (χ0v) is 16.0. The first-order valence-electron chi connectivity index (χ1n) is 9.18. The Morgan fingerprint density at radius 1 is 1.14 bits per heavy atom. The number of hydrogen-bond donors (Lipinski definition) is 1. The van der Waals surface area contributed by atoms with Crippen molar-refractivity contribution in [2.45, 2.75) is 38.3 Å². The molecule has 0 aliphatic carbocycles. The van der Waals surface area contributed by atoms with E-state index in [1.807, 2.05) is 18.2 Å². The van der Waals surface area contributed by atoms with Gasteiger partial charge in [-0.1, -0.05) is 41.9 Å². The van der Waals surface area contributed by atoms with Gasteiger partial charge in [0.25, 0.3) is 0 Å². The van der Waals surface area contributed by atoms with Crippen molar-refractivity contribution in [1.82, 2.24) is 10.2 Å². The fraction of sp³-hybridized carbons (Fsp3) is 0.333. The van der Waals surface area contributed by atoms with E-state index in [0.29, 0.717) is 30.8 Å². The molecule has 1 fully saturated rings. The van der Waals surface area contributed by atoms with E-state index in [1.165, 1.54) is 17.0 Å². The molecule has 0 spiro atoms. The zero-order valence-electron chi connectivity index (χ0n) is 15.3. The van der Waals surface area contributed by atoms with Crippen LogP contribution in [0.4, 0.5) is 8.78 Å². The Hall–Kier alpha value is -2.47. The maximum atomic E-state index is 13.9. The van der Waals surface area contributed by atoms with Crippen LogP contribution in [0.2, 0.25) is 5.02 Å². The van der Waals surface area contributed by atoms with Crippen molar-refractivity contribution >= 4 is 23.4 Å². The van der Waals surface area contributed by atoms with E-state index in [1.54, 1.807) is 6.07 Å². The summed E-state index contributed by atoms with van der Waals surface area (Å²) in [7, 11) is 0. The van der Waals surface area contributed by atoms with E-state index in [9.17, 15) is 18.4 Å². The molecule has 0 radical (unpaired) electrons. The van der Waals surface area contributed by atoms with Gasteiger partial charge in [0, 0.05) is 42.6 Å². The Morgan fingerprint density at radius 3 is 2.68 bits per heavy atom. The van der Waals surface area contributed by atoms with Crippen LogP contribution in [-0.2, 0) is 22.6 Å². The molecule has 1 unspecified atom stereocenters. The standard InChI is InChI=1S/C21H21ClF2N2O2/c22-17-6-2-1-4-14(17)10-11-25-19(27)12-16-8-9-20(28)26(16)13-15-5-3-7-18(23)21(15)24/h1-7,16H,8-13H2,(H,25,27). The van der Waals surface area contributed by atoms with E-state index in [2.05, 4.69) is 5.32 Å². The molecule has 148 valence electrons. The van der Waals surface area contributed by atoms with Crippen molar-refractivity contribution in [2.24, 2.45) is 0 Å². The quantitative estimate of drug-likeness (QED) is 0.759. The molecule has 0 saturated carbocycles. The third-order valence-corrected chi connectivity index (χ3v) is 5.29. The van der Waals surface area contributed by atoms with Gasteiger partial charge in [0.15, 0.2) is 11.6 Å². The maximum absolute atomic E-state index is 13.9. The molecule has 2 amide bonds. The van der Waals surface area contributed by atoms with Crippen LogP contribution in [0.3, 0.4) is 0 Å².